The molecule has 2 rings (SSSR count). The number of nitrogens with one attached hydrogen (secondary N) is 2. The zero-order chi connectivity index (χ0) is 18.9. The summed E-state index contributed by atoms with van der Waals surface area (Å²) in [7, 11) is 0. The van der Waals surface area contributed by atoms with Crippen molar-refractivity contribution in [2.75, 3.05) is 6.67 Å². The second kappa shape index (κ2) is 9.28. The molecule has 0 heterocycles. The second-order valence-corrected chi connectivity index (χ2v) is 5.66. The highest BCUT2D eigenvalue weighted by molar-refractivity contribution is 5.78. The smallest absolute Gasteiger partial charge is 0.321 e. The number of nitrogens with zero attached hydrogens (tertiary/aromatic N) is 1. The molecule has 0 aliphatic rings. The molecule has 0 aliphatic carbocycles. The zero-order valence-corrected chi connectivity index (χ0v) is 13.9. The van der Waals surface area contributed by atoms with Crippen molar-refractivity contribution in [3.8, 4) is 0 Å². The van der Waals surface area contributed by atoms with E-state index in [4.69, 9.17) is 0 Å². The highest BCUT2D eigenvalue weighted by Crippen LogP contribution is 2.13. The van der Waals surface area contributed by atoms with Crippen LogP contribution in [0.5, 0.6) is 0 Å². The summed E-state index contributed by atoms with van der Waals surface area (Å²) in [5, 5.41) is 25.3. The predicted molar refractivity (Wildman–Crippen MR) is 94.5 cm³/mol. The number of amides is 1. The molecular weight excluding hydrogens is 338 g/mol. The van der Waals surface area contributed by atoms with Crippen molar-refractivity contribution >= 4 is 17.6 Å². The third kappa shape index (κ3) is 5.99. The maximum atomic E-state index is 11.9. The van der Waals surface area contributed by atoms with E-state index < -0.39 is 16.9 Å². The van der Waals surface area contributed by atoms with E-state index in [1.807, 2.05) is 30.3 Å². The molecule has 0 saturated heterocycles. The Bertz CT molecular complexity index is 762. The van der Waals surface area contributed by atoms with Gasteiger partial charge < -0.3 is 10.4 Å². The molecule has 0 aromatic heterocycles. The molecule has 8 nitrogen and oxygen atoms in total. The first kappa shape index (κ1) is 19.1. The fourth-order valence-corrected chi connectivity index (χ4v) is 2.35. The first-order valence-electron chi connectivity index (χ1n) is 7.96. The number of carbonyl (C=O) groups excluding carboxylic acids is 1. The van der Waals surface area contributed by atoms with Crippen LogP contribution in [0.2, 0.25) is 0 Å². The molecule has 3 N–H and O–H groups in total. The van der Waals surface area contributed by atoms with Crippen molar-refractivity contribution in [3.63, 3.8) is 0 Å². The molecule has 8 heteroatoms. The van der Waals surface area contributed by atoms with Crippen LogP contribution in [-0.4, -0.2) is 34.6 Å². The predicted octanol–water partition coefficient (Wildman–Crippen LogP) is 1.50. The summed E-state index contributed by atoms with van der Waals surface area (Å²) in [5.41, 5.74) is 1.46. The van der Waals surface area contributed by atoms with Gasteiger partial charge in [0.25, 0.3) is 5.69 Å². The number of hydrogen-bond acceptors (Lipinski definition) is 5. The molecule has 0 bridgehead atoms. The highest BCUT2D eigenvalue weighted by atomic mass is 16.6. The van der Waals surface area contributed by atoms with Crippen LogP contribution in [-0.2, 0) is 22.4 Å². The van der Waals surface area contributed by atoms with Gasteiger partial charge in [-0.3, -0.25) is 25.0 Å². The van der Waals surface area contributed by atoms with Gasteiger partial charge in [-0.2, -0.15) is 0 Å². The van der Waals surface area contributed by atoms with Crippen LogP contribution in [0.3, 0.4) is 0 Å². The molecule has 26 heavy (non-hydrogen) atoms. The topological polar surface area (TPSA) is 122 Å². The number of carbonyl (C=O) groups is 2. The van der Waals surface area contributed by atoms with Crippen molar-refractivity contribution in [2.45, 2.75) is 18.9 Å². The number of nitro groups is 1. The lowest BCUT2D eigenvalue weighted by Gasteiger charge is -2.15. The standard InChI is InChI=1S/C18H19N3O5/c22-17(11-13-4-2-1-3-5-13)20-12-19-16(18(23)24)10-14-6-8-15(9-7-14)21(25)26/h1-9,16,19H,10-12H2,(H,20,22)(H,23,24)/t16-/m1/s1. The largest absolute Gasteiger partial charge is 0.480 e. The van der Waals surface area contributed by atoms with E-state index in [1.54, 1.807) is 0 Å². The summed E-state index contributed by atoms with van der Waals surface area (Å²) in [6, 6.07) is 14.0. The number of carboxylic acid groups (broad SMARTS) is 1. The number of nitro benzene ring substituents is 1. The van der Waals surface area contributed by atoms with Gasteiger partial charge in [0.2, 0.25) is 5.91 Å². The molecule has 2 aromatic carbocycles. The van der Waals surface area contributed by atoms with Crippen LogP contribution >= 0.6 is 0 Å². The molecule has 1 amide bonds. The number of rotatable bonds is 9. The van der Waals surface area contributed by atoms with Crippen LogP contribution in [0, 0.1) is 10.1 Å². The van der Waals surface area contributed by atoms with Gasteiger partial charge in [-0.1, -0.05) is 42.5 Å². The number of hydrogen-bond donors (Lipinski definition) is 3. The molecule has 0 saturated carbocycles. The molecule has 0 fully saturated rings. The fraction of sp³-hybridized carbons (Fsp3) is 0.222. The summed E-state index contributed by atoms with van der Waals surface area (Å²) in [6.45, 7) is 0.00954. The Kier molecular flexibility index (Phi) is 6.81. The van der Waals surface area contributed by atoms with Crippen LogP contribution in [0.25, 0.3) is 0 Å². The molecule has 136 valence electrons. The number of aliphatic carboxylic acids is 1. The van der Waals surface area contributed by atoms with Gasteiger partial charge in [-0.05, 0) is 17.5 Å². The molecular formula is C18H19N3O5. The lowest BCUT2D eigenvalue weighted by Crippen LogP contribution is -2.45. The third-order valence-electron chi connectivity index (χ3n) is 3.73. The zero-order valence-electron chi connectivity index (χ0n) is 13.9. The molecule has 0 spiro atoms. The van der Waals surface area contributed by atoms with E-state index in [2.05, 4.69) is 10.6 Å². The Morgan fingerprint density at radius 1 is 1.04 bits per heavy atom. The molecule has 0 aliphatic heterocycles. The summed E-state index contributed by atoms with van der Waals surface area (Å²) >= 11 is 0. The Morgan fingerprint density at radius 3 is 2.27 bits per heavy atom. The van der Waals surface area contributed by atoms with Crippen LogP contribution in [0.4, 0.5) is 5.69 Å². The maximum Gasteiger partial charge on any atom is 0.321 e. The van der Waals surface area contributed by atoms with E-state index in [9.17, 15) is 24.8 Å². The normalized spacial score (nSPS) is 11.5. The van der Waals surface area contributed by atoms with Crippen molar-refractivity contribution in [3.05, 3.63) is 75.8 Å². The molecule has 2 aromatic rings. The molecule has 0 unspecified atom stereocenters. The minimum atomic E-state index is -1.07. The monoisotopic (exact) mass is 357 g/mol. The first-order valence-corrected chi connectivity index (χ1v) is 7.96. The van der Waals surface area contributed by atoms with Gasteiger partial charge in [0, 0.05) is 12.1 Å². The maximum absolute atomic E-state index is 11.9. The van der Waals surface area contributed by atoms with Gasteiger partial charge in [-0.25, -0.2) is 0 Å². The van der Waals surface area contributed by atoms with Crippen LogP contribution in [0.15, 0.2) is 54.6 Å². The van der Waals surface area contributed by atoms with E-state index in [1.165, 1.54) is 24.3 Å². The second-order valence-electron chi connectivity index (χ2n) is 5.66. The lowest BCUT2D eigenvalue weighted by atomic mass is 10.1. The molecule has 0 radical (unpaired) electrons. The van der Waals surface area contributed by atoms with Gasteiger partial charge >= 0.3 is 5.97 Å². The van der Waals surface area contributed by atoms with Crippen LogP contribution < -0.4 is 10.6 Å². The Labute approximate surface area is 150 Å². The minimum Gasteiger partial charge on any atom is -0.480 e. The average Bonchev–Trinajstić information content (AvgIpc) is 2.62. The molecule has 1 atom stereocenters. The first-order chi connectivity index (χ1) is 12.5. The van der Waals surface area contributed by atoms with Crippen molar-refractivity contribution in [1.29, 1.82) is 0 Å². The van der Waals surface area contributed by atoms with E-state index in [-0.39, 0.29) is 31.1 Å². The Balaban J connectivity index is 1.83. The van der Waals surface area contributed by atoms with E-state index in [0.717, 1.165) is 5.56 Å². The fourth-order valence-electron chi connectivity index (χ4n) is 2.35. The summed E-state index contributed by atoms with van der Waals surface area (Å²) in [4.78, 5) is 33.3. The third-order valence-corrected chi connectivity index (χ3v) is 3.73. The van der Waals surface area contributed by atoms with E-state index in [0.29, 0.717) is 5.56 Å². The quantitative estimate of drug-likeness (QED) is 0.355. The summed E-state index contributed by atoms with van der Waals surface area (Å²) in [6.07, 6.45) is 0.352. The SMILES string of the molecule is O=C(Cc1ccccc1)NCN[C@H](Cc1ccc([N+](=O)[O-])cc1)C(=O)O. The van der Waals surface area contributed by atoms with Gasteiger partial charge in [0.1, 0.15) is 6.04 Å². The number of carboxylic acids is 1. The van der Waals surface area contributed by atoms with Crippen molar-refractivity contribution in [2.24, 2.45) is 0 Å². The highest BCUT2D eigenvalue weighted by Gasteiger charge is 2.18. The van der Waals surface area contributed by atoms with Gasteiger partial charge in [0.15, 0.2) is 0 Å². The Hall–Kier alpha value is -3.26. The van der Waals surface area contributed by atoms with Crippen molar-refractivity contribution < 1.29 is 19.6 Å². The summed E-state index contributed by atoms with van der Waals surface area (Å²) < 4.78 is 0. The average molecular weight is 357 g/mol. The van der Waals surface area contributed by atoms with Gasteiger partial charge in [-0.15, -0.1) is 0 Å². The number of non-ortho nitro benzene ring substituents is 1. The van der Waals surface area contributed by atoms with E-state index >= 15 is 0 Å². The summed E-state index contributed by atoms with van der Waals surface area (Å²) in [5.74, 6) is -1.29. The minimum absolute atomic E-state index is 0.00954. The van der Waals surface area contributed by atoms with Crippen molar-refractivity contribution in [1.82, 2.24) is 10.6 Å². The number of benzene rings is 2. The van der Waals surface area contributed by atoms with Crippen LogP contribution in [0.1, 0.15) is 11.1 Å². The Morgan fingerprint density at radius 2 is 1.69 bits per heavy atom. The lowest BCUT2D eigenvalue weighted by molar-refractivity contribution is -0.384. The van der Waals surface area contributed by atoms with Gasteiger partial charge in [0.05, 0.1) is 18.0 Å².